The molecule has 1 aromatic heterocycles. The summed E-state index contributed by atoms with van der Waals surface area (Å²) in [5, 5.41) is 17.5. The molecule has 0 aliphatic heterocycles. The number of hydrogen-bond donors (Lipinski definition) is 1. The van der Waals surface area contributed by atoms with Crippen LogP contribution in [-0.4, -0.2) is 55.5 Å². The van der Waals surface area contributed by atoms with Crippen molar-refractivity contribution in [1.29, 1.82) is 0 Å². The number of hydrogen-bond acceptors (Lipinski definition) is 12. The van der Waals surface area contributed by atoms with E-state index in [1.807, 2.05) is 0 Å². The van der Waals surface area contributed by atoms with Crippen molar-refractivity contribution in [2.24, 2.45) is 5.10 Å². The zero-order chi connectivity index (χ0) is 22.8. The van der Waals surface area contributed by atoms with Crippen LogP contribution in [-0.2, 0) is 25.5 Å². The van der Waals surface area contributed by atoms with Crippen LogP contribution >= 0.6 is 11.3 Å². The Morgan fingerprint density at radius 2 is 2.06 bits per heavy atom. The molecular weight excluding hydrogens is 432 g/mol. The monoisotopic (exact) mass is 452 g/mol. The second-order valence-corrected chi connectivity index (χ2v) is 6.54. The van der Waals surface area contributed by atoms with E-state index >= 15 is 0 Å². The molecular formula is C18H20N4O8S. The molecule has 0 spiro atoms. The number of carbonyl (C=O) groups is 2. The maximum absolute atomic E-state index is 11.5. The van der Waals surface area contributed by atoms with Gasteiger partial charge < -0.3 is 18.9 Å². The van der Waals surface area contributed by atoms with Crippen molar-refractivity contribution < 1.29 is 33.5 Å². The molecule has 12 nitrogen and oxygen atoms in total. The lowest BCUT2D eigenvalue weighted by Gasteiger charge is -2.10. The van der Waals surface area contributed by atoms with E-state index in [1.165, 1.54) is 37.8 Å². The zero-order valence-electron chi connectivity index (χ0n) is 16.9. The third-order valence-electron chi connectivity index (χ3n) is 3.63. The number of nitrogens with zero attached hydrogens (tertiary/aromatic N) is 3. The average molecular weight is 452 g/mol. The molecule has 0 bridgehead atoms. The van der Waals surface area contributed by atoms with Crippen LogP contribution in [0.1, 0.15) is 18.2 Å². The van der Waals surface area contributed by atoms with Crippen LogP contribution in [0.2, 0.25) is 0 Å². The van der Waals surface area contributed by atoms with Crippen molar-refractivity contribution in [2.45, 2.75) is 13.3 Å². The number of ether oxygens (including phenoxy) is 4. The smallest absolute Gasteiger partial charge is 0.343 e. The molecule has 31 heavy (non-hydrogen) atoms. The molecule has 1 N–H and O–H groups in total. The van der Waals surface area contributed by atoms with E-state index in [4.69, 9.17) is 14.2 Å². The molecule has 1 aromatic carbocycles. The highest BCUT2D eigenvalue weighted by atomic mass is 32.1. The fourth-order valence-electron chi connectivity index (χ4n) is 2.25. The highest BCUT2D eigenvalue weighted by molar-refractivity contribution is 7.13. The van der Waals surface area contributed by atoms with E-state index in [0.29, 0.717) is 10.8 Å². The van der Waals surface area contributed by atoms with Gasteiger partial charge in [-0.3, -0.25) is 20.3 Å². The van der Waals surface area contributed by atoms with Crippen LogP contribution in [0.4, 0.5) is 10.8 Å². The Balaban J connectivity index is 2.15. The number of esters is 2. The molecule has 1 heterocycles. The lowest BCUT2D eigenvalue weighted by Crippen LogP contribution is -2.13. The summed E-state index contributed by atoms with van der Waals surface area (Å²) in [4.78, 5) is 37.8. The van der Waals surface area contributed by atoms with Crippen LogP contribution in [0, 0.1) is 10.1 Å². The number of thiazole rings is 1. The maximum atomic E-state index is 11.5. The summed E-state index contributed by atoms with van der Waals surface area (Å²) in [5.41, 5.74) is 2.98. The Morgan fingerprint density at radius 1 is 1.29 bits per heavy atom. The normalized spacial score (nSPS) is 10.5. The van der Waals surface area contributed by atoms with Gasteiger partial charge in [0.15, 0.2) is 18.1 Å². The van der Waals surface area contributed by atoms with Crippen molar-refractivity contribution in [3.63, 3.8) is 0 Å². The zero-order valence-corrected chi connectivity index (χ0v) is 17.8. The van der Waals surface area contributed by atoms with Gasteiger partial charge in [0.25, 0.3) is 5.69 Å². The minimum atomic E-state index is -0.648. The number of nitro benzene ring substituents is 1. The van der Waals surface area contributed by atoms with Gasteiger partial charge in [0, 0.05) is 5.38 Å². The quantitative estimate of drug-likeness (QED) is 0.232. The highest BCUT2D eigenvalue weighted by Gasteiger charge is 2.20. The third-order valence-corrected chi connectivity index (χ3v) is 4.42. The van der Waals surface area contributed by atoms with Crippen molar-refractivity contribution in [3.8, 4) is 11.5 Å². The first kappa shape index (κ1) is 23.5. The fourth-order valence-corrected chi connectivity index (χ4v) is 2.91. The molecule has 2 aromatic rings. The summed E-state index contributed by atoms with van der Waals surface area (Å²) in [6, 6.07) is 2.48. The standard InChI is InChI=1S/C18H20N4O8S/c1-4-29-16(23)6-12-10-31-18(20-12)21-19-8-11-5-14(27-2)15(7-13(11)22(25)26)30-9-17(24)28-3/h5,7-8,10H,4,6,9H2,1-3H3,(H,20,21). The second kappa shape index (κ2) is 11.4. The Labute approximate surface area is 180 Å². The van der Waals surface area contributed by atoms with E-state index in [2.05, 4.69) is 20.2 Å². The fraction of sp³-hybridized carbons (Fsp3) is 0.333. The van der Waals surface area contributed by atoms with Crippen molar-refractivity contribution >= 4 is 40.3 Å². The predicted molar refractivity (Wildman–Crippen MR) is 111 cm³/mol. The molecule has 0 atom stereocenters. The van der Waals surface area contributed by atoms with Gasteiger partial charge in [-0.15, -0.1) is 11.3 Å². The Morgan fingerprint density at radius 3 is 2.71 bits per heavy atom. The Kier molecular flexibility index (Phi) is 8.69. The largest absolute Gasteiger partial charge is 0.493 e. The van der Waals surface area contributed by atoms with Crippen molar-refractivity contribution in [1.82, 2.24) is 4.98 Å². The molecule has 0 radical (unpaired) electrons. The van der Waals surface area contributed by atoms with E-state index < -0.39 is 17.5 Å². The molecule has 0 fully saturated rings. The second-order valence-electron chi connectivity index (χ2n) is 5.68. The molecule has 0 saturated carbocycles. The van der Waals surface area contributed by atoms with E-state index in [1.54, 1.807) is 12.3 Å². The van der Waals surface area contributed by atoms with Crippen LogP contribution < -0.4 is 14.9 Å². The number of aromatic nitrogens is 1. The van der Waals surface area contributed by atoms with Gasteiger partial charge >= 0.3 is 11.9 Å². The van der Waals surface area contributed by atoms with E-state index in [-0.39, 0.29) is 41.7 Å². The lowest BCUT2D eigenvalue weighted by atomic mass is 10.1. The van der Waals surface area contributed by atoms with Gasteiger partial charge in [0.05, 0.1) is 55.7 Å². The van der Waals surface area contributed by atoms with E-state index in [0.717, 1.165) is 6.07 Å². The van der Waals surface area contributed by atoms with Gasteiger partial charge in [0.1, 0.15) is 0 Å². The summed E-state index contributed by atoms with van der Waals surface area (Å²) in [6.45, 7) is 1.57. The Hall–Kier alpha value is -3.74. The molecule has 13 heteroatoms. The number of benzene rings is 1. The minimum absolute atomic E-state index is 0.00763. The average Bonchev–Trinajstić information content (AvgIpc) is 3.18. The number of nitro groups is 1. The number of nitrogens with one attached hydrogen (secondary N) is 1. The minimum Gasteiger partial charge on any atom is -0.493 e. The van der Waals surface area contributed by atoms with E-state index in [9.17, 15) is 19.7 Å². The number of hydrazone groups is 1. The van der Waals surface area contributed by atoms with Crippen molar-refractivity contribution in [3.05, 3.63) is 38.9 Å². The highest BCUT2D eigenvalue weighted by Crippen LogP contribution is 2.34. The Bertz CT molecular complexity index is 975. The topological polar surface area (TPSA) is 151 Å². The van der Waals surface area contributed by atoms with Gasteiger partial charge in [-0.05, 0) is 13.0 Å². The SMILES string of the molecule is CCOC(=O)Cc1csc(NN=Cc2cc(OC)c(OCC(=O)OC)cc2[N+](=O)[O-])n1. The van der Waals surface area contributed by atoms with Gasteiger partial charge in [0.2, 0.25) is 5.13 Å². The summed E-state index contributed by atoms with van der Waals surface area (Å²) in [6.07, 6.45) is 1.25. The number of methoxy groups -OCH3 is 2. The van der Waals surface area contributed by atoms with Crippen LogP contribution in [0.25, 0.3) is 0 Å². The number of rotatable bonds is 11. The first-order valence-corrected chi connectivity index (χ1v) is 9.71. The summed E-state index contributed by atoms with van der Waals surface area (Å²) < 4.78 is 19.8. The van der Waals surface area contributed by atoms with Crippen molar-refractivity contribution in [2.75, 3.05) is 32.9 Å². The van der Waals surface area contributed by atoms with Gasteiger partial charge in [-0.2, -0.15) is 5.10 Å². The van der Waals surface area contributed by atoms with Crippen LogP contribution in [0.3, 0.4) is 0 Å². The predicted octanol–water partition coefficient (Wildman–Crippen LogP) is 2.16. The lowest BCUT2D eigenvalue weighted by molar-refractivity contribution is -0.385. The summed E-state index contributed by atoms with van der Waals surface area (Å²) >= 11 is 1.21. The molecule has 166 valence electrons. The third kappa shape index (κ3) is 6.92. The summed E-state index contributed by atoms with van der Waals surface area (Å²) in [5.74, 6) is -0.861. The number of carbonyl (C=O) groups excluding carboxylic acids is 2. The summed E-state index contributed by atoms with van der Waals surface area (Å²) in [7, 11) is 2.55. The maximum Gasteiger partial charge on any atom is 0.343 e. The van der Waals surface area contributed by atoms with Gasteiger partial charge in [-0.25, -0.2) is 9.78 Å². The molecule has 0 amide bonds. The molecule has 2 rings (SSSR count). The first-order valence-electron chi connectivity index (χ1n) is 8.83. The number of anilines is 1. The van der Waals surface area contributed by atoms with Crippen LogP contribution in [0.5, 0.6) is 11.5 Å². The molecule has 0 aliphatic rings. The van der Waals surface area contributed by atoms with Crippen LogP contribution in [0.15, 0.2) is 22.6 Å². The van der Waals surface area contributed by atoms with Gasteiger partial charge in [-0.1, -0.05) is 0 Å². The molecule has 0 saturated heterocycles. The molecule has 0 unspecified atom stereocenters. The first-order chi connectivity index (χ1) is 14.9. The molecule has 0 aliphatic carbocycles.